The molecule has 0 bridgehead atoms. The predicted octanol–water partition coefficient (Wildman–Crippen LogP) is 4.81. The third-order valence-electron chi connectivity index (χ3n) is 2.79. The van der Waals surface area contributed by atoms with Gasteiger partial charge in [0.25, 0.3) is 0 Å². The van der Waals surface area contributed by atoms with Crippen molar-refractivity contribution >= 4 is 37.5 Å². The smallest absolute Gasteiger partial charge is 0.147 e. The Kier molecular flexibility index (Phi) is 5.11. The number of benzene rings is 2. The molecule has 2 nitrogen and oxygen atoms in total. The van der Waals surface area contributed by atoms with Crippen molar-refractivity contribution in [1.29, 1.82) is 0 Å². The second-order valence-electron chi connectivity index (χ2n) is 4.17. The zero-order chi connectivity index (χ0) is 14.5. The summed E-state index contributed by atoms with van der Waals surface area (Å²) < 4.78 is 7.13. The number of nitrogens with one attached hydrogen (secondary N) is 1. The van der Waals surface area contributed by atoms with E-state index in [9.17, 15) is 0 Å². The van der Waals surface area contributed by atoms with Crippen molar-refractivity contribution in [3.8, 4) is 18.1 Å². The maximum atomic E-state index is 5.39. The van der Waals surface area contributed by atoms with Crippen LogP contribution >= 0.6 is 31.9 Å². The van der Waals surface area contributed by atoms with Gasteiger partial charge in [0.15, 0.2) is 0 Å². The number of hydrogen-bond acceptors (Lipinski definition) is 2. The molecule has 2 aromatic rings. The molecule has 2 aromatic carbocycles. The molecule has 0 saturated carbocycles. The van der Waals surface area contributed by atoms with E-state index in [0.717, 1.165) is 31.5 Å². The number of halogens is 2. The molecule has 0 aliphatic heterocycles. The van der Waals surface area contributed by atoms with Gasteiger partial charge in [-0.15, -0.1) is 6.42 Å². The van der Waals surface area contributed by atoms with E-state index in [-0.39, 0.29) is 0 Å². The molecule has 0 unspecified atom stereocenters. The first kappa shape index (κ1) is 15.0. The third-order valence-corrected chi connectivity index (χ3v) is 3.97. The minimum Gasteiger partial charge on any atom is -0.494 e. The quantitative estimate of drug-likeness (QED) is 0.751. The van der Waals surface area contributed by atoms with Gasteiger partial charge in [-0.3, -0.25) is 0 Å². The first-order chi connectivity index (χ1) is 9.63. The Bertz CT molecular complexity index is 639. The van der Waals surface area contributed by atoms with Gasteiger partial charge in [0.2, 0.25) is 0 Å². The molecule has 0 aliphatic carbocycles. The van der Waals surface area contributed by atoms with Gasteiger partial charge in [-0.25, -0.2) is 0 Å². The Morgan fingerprint density at radius 3 is 2.50 bits per heavy atom. The van der Waals surface area contributed by atoms with Crippen LogP contribution in [0.5, 0.6) is 5.75 Å². The van der Waals surface area contributed by atoms with Gasteiger partial charge in [0, 0.05) is 17.8 Å². The predicted molar refractivity (Wildman–Crippen MR) is 90.1 cm³/mol. The molecule has 4 heteroatoms. The summed E-state index contributed by atoms with van der Waals surface area (Å²) in [6.45, 7) is 0.704. The standard InChI is InChI=1S/C16H13Br2NO/c1-3-11-5-4-6-13(7-11)19-10-12-8-14(17)16(20-2)15(18)9-12/h1,4-9,19H,10H2,2H3. The van der Waals surface area contributed by atoms with E-state index in [4.69, 9.17) is 11.2 Å². The highest BCUT2D eigenvalue weighted by atomic mass is 79.9. The molecule has 0 heterocycles. The molecule has 0 spiro atoms. The molecule has 0 saturated heterocycles. The van der Waals surface area contributed by atoms with Crippen LogP contribution in [0.15, 0.2) is 45.3 Å². The normalized spacial score (nSPS) is 9.90. The van der Waals surface area contributed by atoms with Crippen LogP contribution in [0.4, 0.5) is 5.69 Å². The molecule has 0 aromatic heterocycles. The van der Waals surface area contributed by atoms with Crippen molar-refractivity contribution in [2.45, 2.75) is 6.54 Å². The summed E-state index contributed by atoms with van der Waals surface area (Å²) in [5.41, 5.74) is 3.01. The number of terminal acetylenes is 1. The van der Waals surface area contributed by atoms with E-state index in [1.165, 1.54) is 0 Å². The van der Waals surface area contributed by atoms with E-state index in [1.807, 2.05) is 36.4 Å². The highest BCUT2D eigenvalue weighted by Gasteiger charge is 2.07. The molecule has 0 aliphatic rings. The highest BCUT2D eigenvalue weighted by Crippen LogP contribution is 2.34. The van der Waals surface area contributed by atoms with Crippen LogP contribution in [-0.4, -0.2) is 7.11 Å². The van der Waals surface area contributed by atoms with E-state index in [2.05, 4.69) is 43.1 Å². The second kappa shape index (κ2) is 6.83. The van der Waals surface area contributed by atoms with E-state index in [1.54, 1.807) is 7.11 Å². The zero-order valence-electron chi connectivity index (χ0n) is 10.9. The molecule has 0 amide bonds. The molecule has 1 N–H and O–H groups in total. The van der Waals surface area contributed by atoms with E-state index in [0.29, 0.717) is 6.54 Å². The van der Waals surface area contributed by atoms with Gasteiger partial charge in [-0.1, -0.05) is 12.0 Å². The summed E-state index contributed by atoms with van der Waals surface area (Å²) in [6.07, 6.45) is 5.39. The topological polar surface area (TPSA) is 21.3 Å². The molecular weight excluding hydrogens is 382 g/mol. The van der Waals surface area contributed by atoms with Crippen LogP contribution in [0.3, 0.4) is 0 Å². The summed E-state index contributed by atoms with van der Waals surface area (Å²) in [5.74, 6) is 3.42. The second-order valence-corrected chi connectivity index (χ2v) is 5.88. The maximum Gasteiger partial charge on any atom is 0.147 e. The third kappa shape index (κ3) is 3.56. The Labute approximate surface area is 135 Å². The first-order valence-corrected chi connectivity index (χ1v) is 7.55. The van der Waals surface area contributed by atoms with Gasteiger partial charge in [-0.05, 0) is 67.8 Å². The number of anilines is 1. The Balaban J connectivity index is 2.13. The first-order valence-electron chi connectivity index (χ1n) is 5.96. The van der Waals surface area contributed by atoms with Gasteiger partial charge in [0.05, 0.1) is 16.1 Å². The van der Waals surface area contributed by atoms with Crippen molar-refractivity contribution in [3.05, 3.63) is 56.5 Å². The van der Waals surface area contributed by atoms with Crippen LogP contribution in [0.1, 0.15) is 11.1 Å². The van der Waals surface area contributed by atoms with Crippen LogP contribution in [0, 0.1) is 12.3 Å². The number of methoxy groups -OCH3 is 1. The van der Waals surface area contributed by atoms with E-state index < -0.39 is 0 Å². The van der Waals surface area contributed by atoms with E-state index >= 15 is 0 Å². The fourth-order valence-corrected chi connectivity index (χ4v) is 3.44. The fraction of sp³-hybridized carbons (Fsp3) is 0.125. The Morgan fingerprint density at radius 2 is 1.90 bits per heavy atom. The zero-order valence-corrected chi connectivity index (χ0v) is 14.1. The van der Waals surface area contributed by atoms with Crippen molar-refractivity contribution in [2.75, 3.05) is 12.4 Å². The van der Waals surface area contributed by atoms with Crippen LogP contribution in [0.25, 0.3) is 0 Å². The number of rotatable bonds is 4. The van der Waals surface area contributed by atoms with Gasteiger partial charge < -0.3 is 10.1 Å². The Morgan fingerprint density at radius 1 is 1.20 bits per heavy atom. The van der Waals surface area contributed by atoms with Gasteiger partial charge >= 0.3 is 0 Å². The lowest BCUT2D eigenvalue weighted by atomic mass is 10.2. The summed E-state index contributed by atoms with van der Waals surface area (Å²) >= 11 is 7.00. The van der Waals surface area contributed by atoms with Crippen molar-refractivity contribution < 1.29 is 4.74 Å². The average molecular weight is 395 g/mol. The molecule has 102 valence electrons. The lowest BCUT2D eigenvalue weighted by Crippen LogP contribution is -2.00. The Hall–Kier alpha value is -1.44. The highest BCUT2D eigenvalue weighted by molar-refractivity contribution is 9.11. The summed E-state index contributed by atoms with van der Waals surface area (Å²) in [5, 5.41) is 3.35. The maximum absolute atomic E-state index is 5.39. The number of hydrogen-bond donors (Lipinski definition) is 1. The lowest BCUT2D eigenvalue weighted by molar-refractivity contribution is 0.409. The SMILES string of the molecule is C#Cc1cccc(NCc2cc(Br)c(OC)c(Br)c2)c1. The summed E-state index contributed by atoms with van der Waals surface area (Å²) in [7, 11) is 1.65. The fourth-order valence-electron chi connectivity index (χ4n) is 1.83. The summed E-state index contributed by atoms with van der Waals surface area (Å²) in [4.78, 5) is 0. The van der Waals surface area contributed by atoms with Gasteiger partial charge in [-0.2, -0.15) is 0 Å². The molecule has 0 fully saturated rings. The van der Waals surface area contributed by atoms with Crippen molar-refractivity contribution in [1.82, 2.24) is 0 Å². The van der Waals surface area contributed by atoms with Crippen LogP contribution in [0.2, 0.25) is 0 Å². The van der Waals surface area contributed by atoms with Gasteiger partial charge in [0.1, 0.15) is 5.75 Å². The minimum atomic E-state index is 0.704. The molecular formula is C16H13Br2NO. The average Bonchev–Trinajstić information content (AvgIpc) is 2.45. The van der Waals surface area contributed by atoms with Crippen molar-refractivity contribution in [2.24, 2.45) is 0 Å². The van der Waals surface area contributed by atoms with Crippen molar-refractivity contribution in [3.63, 3.8) is 0 Å². The molecule has 2 rings (SSSR count). The minimum absolute atomic E-state index is 0.704. The van der Waals surface area contributed by atoms with Crippen LogP contribution < -0.4 is 10.1 Å². The largest absolute Gasteiger partial charge is 0.494 e. The number of ether oxygens (including phenoxy) is 1. The summed E-state index contributed by atoms with van der Waals surface area (Å²) in [6, 6.07) is 11.9. The lowest BCUT2D eigenvalue weighted by Gasteiger charge is -2.11. The monoisotopic (exact) mass is 393 g/mol. The molecule has 0 atom stereocenters. The molecule has 0 radical (unpaired) electrons. The van der Waals surface area contributed by atoms with Crippen LogP contribution in [-0.2, 0) is 6.54 Å². The molecule has 20 heavy (non-hydrogen) atoms.